The summed E-state index contributed by atoms with van der Waals surface area (Å²) in [6, 6.07) is 6.21. The van der Waals surface area contributed by atoms with Gasteiger partial charge in [-0.2, -0.15) is 0 Å². The third-order valence-corrected chi connectivity index (χ3v) is 1.86. The molecule has 14 heavy (non-hydrogen) atoms. The van der Waals surface area contributed by atoms with Crippen LogP contribution in [0.4, 0.5) is 0 Å². The minimum absolute atomic E-state index is 0.553. The quantitative estimate of drug-likeness (QED) is 0.644. The van der Waals surface area contributed by atoms with Crippen LogP contribution in [0, 0.1) is 6.92 Å². The fourth-order valence-corrected chi connectivity index (χ4v) is 1.35. The molecule has 74 valence electrons. The van der Waals surface area contributed by atoms with Crippen LogP contribution in [0.15, 0.2) is 43.5 Å². The first-order chi connectivity index (χ1) is 6.76. The number of aryl methyl sites for hydroxylation is 1. The number of ether oxygens (including phenoxy) is 1. The third-order valence-electron chi connectivity index (χ3n) is 1.86. The predicted molar refractivity (Wildman–Crippen MR) is 60.8 cm³/mol. The molecule has 0 aliphatic carbocycles. The van der Waals surface area contributed by atoms with Crippen molar-refractivity contribution in [3.8, 4) is 5.75 Å². The largest absolute Gasteiger partial charge is 0.490 e. The van der Waals surface area contributed by atoms with E-state index in [9.17, 15) is 0 Å². The molecule has 0 saturated carbocycles. The second-order valence-corrected chi connectivity index (χ2v) is 3.25. The van der Waals surface area contributed by atoms with Gasteiger partial charge in [0.2, 0.25) is 0 Å². The lowest BCUT2D eigenvalue weighted by Crippen LogP contribution is -1.94. The molecule has 0 fully saturated rings. The summed E-state index contributed by atoms with van der Waals surface area (Å²) in [5.41, 5.74) is 2.45. The average molecular weight is 188 g/mol. The SMILES string of the molecule is C=CCOc1cc(C)cc(CC=C)c1. The molecule has 1 heteroatoms. The van der Waals surface area contributed by atoms with Crippen LogP contribution in [0.2, 0.25) is 0 Å². The van der Waals surface area contributed by atoms with Crippen molar-refractivity contribution in [2.45, 2.75) is 13.3 Å². The molecular formula is C13H16O. The second-order valence-electron chi connectivity index (χ2n) is 3.25. The zero-order chi connectivity index (χ0) is 10.4. The van der Waals surface area contributed by atoms with Gasteiger partial charge < -0.3 is 4.74 Å². The van der Waals surface area contributed by atoms with E-state index in [0.717, 1.165) is 12.2 Å². The predicted octanol–water partition coefficient (Wildman–Crippen LogP) is 3.29. The molecule has 0 aliphatic rings. The van der Waals surface area contributed by atoms with Gasteiger partial charge >= 0.3 is 0 Å². The summed E-state index contributed by atoms with van der Waals surface area (Å²) in [5.74, 6) is 0.904. The van der Waals surface area contributed by atoms with Gasteiger partial charge in [-0.1, -0.05) is 24.8 Å². The number of rotatable bonds is 5. The molecule has 0 aromatic heterocycles. The van der Waals surface area contributed by atoms with Gasteiger partial charge in [0.15, 0.2) is 0 Å². The lowest BCUT2D eigenvalue weighted by molar-refractivity contribution is 0.362. The van der Waals surface area contributed by atoms with Crippen molar-refractivity contribution < 1.29 is 4.74 Å². The van der Waals surface area contributed by atoms with E-state index in [-0.39, 0.29) is 0 Å². The maximum absolute atomic E-state index is 5.47. The van der Waals surface area contributed by atoms with E-state index in [4.69, 9.17) is 4.74 Å². The number of hydrogen-bond donors (Lipinski definition) is 0. The molecule has 0 heterocycles. The molecule has 0 N–H and O–H groups in total. The molecule has 0 amide bonds. The highest BCUT2D eigenvalue weighted by atomic mass is 16.5. The second kappa shape index (κ2) is 5.28. The van der Waals surface area contributed by atoms with Crippen molar-refractivity contribution in [3.05, 3.63) is 54.6 Å². The number of allylic oxidation sites excluding steroid dienone is 1. The van der Waals surface area contributed by atoms with E-state index < -0.39 is 0 Å². The molecule has 0 spiro atoms. The Hall–Kier alpha value is -1.50. The van der Waals surface area contributed by atoms with Gasteiger partial charge in [0.05, 0.1) is 0 Å². The van der Waals surface area contributed by atoms with Crippen molar-refractivity contribution in [3.63, 3.8) is 0 Å². The van der Waals surface area contributed by atoms with Crippen molar-refractivity contribution >= 4 is 0 Å². The summed E-state index contributed by atoms with van der Waals surface area (Å²) in [7, 11) is 0. The van der Waals surface area contributed by atoms with Crippen molar-refractivity contribution in [1.82, 2.24) is 0 Å². The molecule has 0 unspecified atom stereocenters. The van der Waals surface area contributed by atoms with Crippen LogP contribution < -0.4 is 4.74 Å². The normalized spacial score (nSPS) is 9.50. The number of benzene rings is 1. The summed E-state index contributed by atoms with van der Waals surface area (Å²) < 4.78 is 5.47. The Morgan fingerprint density at radius 3 is 2.64 bits per heavy atom. The Bertz CT molecular complexity index is 326. The average Bonchev–Trinajstić information content (AvgIpc) is 2.14. The molecule has 1 nitrogen and oxygen atoms in total. The van der Waals surface area contributed by atoms with E-state index in [1.54, 1.807) is 6.08 Å². The maximum atomic E-state index is 5.47. The van der Waals surface area contributed by atoms with Gasteiger partial charge in [0, 0.05) is 0 Å². The first-order valence-electron chi connectivity index (χ1n) is 4.71. The van der Waals surface area contributed by atoms with Gasteiger partial charge in [-0.05, 0) is 36.6 Å². The first kappa shape index (κ1) is 10.6. The molecule has 1 rings (SSSR count). The standard InChI is InChI=1S/C13H16O/c1-4-6-12-8-11(3)9-13(10-12)14-7-5-2/h4-5,8-10H,1-2,6-7H2,3H3. The van der Waals surface area contributed by atoms with Crippen molar-refractivity contribution in [2.75, 3.05) is 6.61 Å². The molecule has 0 bridgehead atoms. The molecule has 1 aromatic carbocycles. The van der Waals surface area contributed by atoms with E-state index in [2.05, 4.69) is 26.1 Å². The summed E-state index contributed by atoms with van der Waals surface area (Å²) in [4.78, 5) is 0. The summed E-state index contributed by atoms with van der Waals surface area (Å²) in [6.45, 7) is 9.95. The number of hydrogen-bond acceptors (Lipinski definition) is 1. The smallest absolute Gasteiger partial charge is 0.120 e. The zero-order valence-electron chi connectivity index (χ0n) is 8.62. The minimum atomic E-state index is 0.553. The van der Waals surface area contributed by atoms with Crippen LogP contribution in [-0.4, -0.2) is 6.61 Å². The Balaban J connectivity index is 2.82. The van der Waals surface area contributed by atoms with E-state index in [1.807, 2.05) is 18.2 Å². The Morgan fingerprint density at radius 2 is 2.00 bits per heavy atom. The maximum Gasteiger partial charge on any atom is 0.120 e. The van der Waals surface area contributed by atoms with E-state index in [1.165, 1.54) is 11.1 Å². The molecule has 0 aliphatic heterocycles. The first-order valence-corrected chi connectivity index (χ1v) is 4.71. The molecule has 0 radical (unpaired) electrons. The van der Waals surface area contributed by atoms with Crippen LogP contribution in [0.3, 0.4) is 0 Å². The minimum Gasteiger partial charge on any atom is -0.490 e. The fourth-order valence-electron chi connectivity index (χ4n) is 1.35. The van der Waals surface area contributed by atoms with Crippen molar-refractivity contribution in [1.29, 1.82) is 0 Å². The van der Waals surface area contributed by atoms with Gasteiger partial charge in [0.25, 0.3) is 0 Å². The van der Waals surface area contributed by atoms with Crippen LogP contribution >= 0.6 is 0 Å². The summed E-state index contributed by atoms with van der Waals surface area (Å²) in [6.07, 6.45) is 4.52. The highest BCUT2D eigenvalue weighted by molar-refractivity contribution is 5.34. The molecule has 1 aromatic rings. The topological polar surface area (TPSA) is 9.23 Å². The summed E-state index contributed by atoms with van der Waals surface area (Å²) in [5, 5.41) is 0. The van der Waals surface area contributed by atoms with E-state index in [0.29, 0.717) is 6.61 Å². The monoisotopic (exact) mass is 188 g/mol. The zero-order valence-corrected chi connectivity index (χ0v) is 8.62. The molecule has 0 saturated heterocycles. The highest BCUT2D eigenvalue weighted by Gasteiger charge is 1.97. The van der Waals surface area contributed by atoms with Gasteiger partial charge in [-0.3, -0.25) is 0 Å². The van der Waals surface area contributed by atoms with Gasteiger partial charge in [-0.25, -0.2) is 0 Å². The van der Waals surface area contributed by atoms with Gasteiger partial charge in [0.1, 0.15) is 12.4 Å². The van der Waals surface area contributed by atoms with Crippen molar-refractivity contribution in [2.24, 2.45) is 0 Å². The Morgan fingerprint density at radius 1 is 1.21 bits per heavy atom. The third kappa shape index (κ3) is 3.09. The van der Waals surface area contributed by atoms with Crippen LogP contribution in [0.1, 0.15) is 11.1 Å². The molecular weight excluding hydrogens is 172 g/mol. The van der Waals surface area contributed by atoms with Crippen LogP contribution in [0.5, 0.6) is 5.75 Å². The van der Waals surface area contributed by atoms with Gasteiger partial charge in [-0.15, -0.1) is 6.58 Å². The Kier molecular flexibility index (Phi) is 3.99. The highest BCUT2D eigenvalue weighted by Crippen LogP contribution is 2.17. The van der Waals surface area contributed by atoms with E-state index >= 15 is 0 Å². The van der Waals surface area contributed by atoms with Crippen LogP contribution in [0.25, 0.3) is 0 Å². The fraction of sp³-hybridized carbons (Fsp3) is 0.231. The molecule has 0 atom stereocenters. The lowest BCUT2D eigenvalue weighted by atomic mass is 10.1. The van der Waals surface area contributed by atoms with Crippen LogP contribution in [-0.2, 0) is 6.42 Å². The Labute approximate surface area is 85.7 Å². The lowest BCUT2D eigenvalue weighted by Gasteiger charge is -2.06. The summed E-state index contributed by atoms with van der Waals surface area (Å²) >= 11 is 0.